The Morgan fingerprint density at radius 2 is 1.90 bits per heavy atom. The van der Waals surface area contributed by atoms with Gasteiger partial charge in [-0.1, -0.05) is 26.8 Å². The molecule has 0 saturated carbocycles. The van der Waals surface area contributed by atoms with Crippen molar-refractivity contribution in [1.82, 2.24) is 9.88 Å². The lowest BCUT2D eigenvalue weighted by Gasteiger charge is -2.41. The molecule has 2 heterocycles. The molecule has 164 valence electrons. The summed E-state index contributed by atoms with van der Waals surface area (Å²) in [4.78, 5) is 20.3. The van der Waals surface area contributed by atoms with Crippen molar-refractivity contribution in [3.05, 3.63) is 53.5 Å². The number of benzene rings is 2. The fourth-order valence-electron chi connectivity index (χ4n) is 4.21. The maximum atomic E-state index is 12.9. The van der Waals surface area contributed by atoms with E-state index in [2.05, 4.69) is 42.6 Å². The maximum Gasteiger partial charge on any atom is 0.253 e. The van der Waals surface area contributed by atoms with Crippen LogP contribution < -0.4 is 4.72 Å². The van der Waals surface area contributed by atoms with Crippen molar-refractivity contribution < 1.29 is 9.90 Å². The van der Waals surface area contributed by atoms with Crippen molar-refractivity contribution in [2.24, 2.45) is 5.41 Å². The molecule has 2 N–H and O–H groups in total. The number of rotatable bonds is 5. The number of anilines is 1. The van der Waals surface area contributed by atoms with E-state index in [0.29, 0.717) is 31.5 Å². The van der Waals surface area contributed by atoms with Crippen LogP contribution in [-0.2, 0) is 0 Å². The van der Waals surface area contributed by atoms with Crippen molar-refractivity contribution in [3.8, 4) is 0 Å². The van der Waals surface area contributed by atoms with E-state index in [-0.39, 0.29) is 11.3 Å². The van der Waals surface area contributed by atoms with Crippen LogP contribution in [0.25, 0.3) is 10.2 Å². The van der Waals surface area contributed by atoms with Crippen LogP contribution in [0.1, 0.15) is 50.4 Å². The first-order valence-corrected chi connectivity index (χ1v) is 12.3. The molecule has 0 bridgehead atoms. The number of thiazole rings is 1. The van der Waals surface area contributed by atoms with Gasteiger partial charge in [-0.15, -0.1) is 11.3 Å². The lowest BCUT2D eigenvalue weighted by atomic mass is 9.77. The summed E-state index contributed by atoms with van der Waals surface area (Å²) < 4.78 is 4.51. The molecule has 0 spiro atoms. The molecule has 1 saturated heterocycles. The van der Waals surface area contributed by atoms with Crippen LogP contribution in [0.15, 0.2) is 52.9 Å². The molecule has 1 aromatic heterocycles. The van der Waals surface area contributed by atoms with Gasteiger partial charge in [0.25, 0.3) is 5.91 Å². The van der Waals surface area contributed by atoms with Crippen molar-refractivity contribution >= 4 is 45.1 Å². The Morgan fingerprint density at radius 3 is 2.58 bits per heavy atom. The molecule has 2 aromatic carbocycles. The van der Waals surface area contributed by atoms with Gasteiger partial charge in [-0.25, -0.2) is 4.98 Å². The third-order valence-corrected chi connectivity index (χ3v) is 7.26. The molecule has 0 aliphatic carbocycles. The van der Waals surface area contributed by atoms with Gasteiger partial charge in [0.1, 0.15) is 0 Å². The highest BCUT2D eigenvalue weighted by atomic mass is 32.2. The van der Waals surface area contributed by atoms with Crippen molar-refractivity contribution in [2.45, 2.75) is 50.5 Å². The average molecular weight is 456 g/mol. The molecule has 0 atom stereocenters. The quantitative estimate of drug-likeness (QED) is 0.475. The van der Waals surface area contributed by atoms with Crippen LogP contribution >= 0.6 is 23.3 Å². The number of likely N-dealkylation sites (tertiary alicyclic amines) is 1. The Kier molecular flexibility index (Phi) is 6.28. The molecule has 3 aromatic rings. The van der Waals surface area contributed by atoms with Gasteiger partial charge in [0, 0.05) is 24.3 Å². The number of amides is 1. The number of piperidine rings is 1. The number of aliphatic hydroxyl groups is 1. The van der Waals surface area contributed by atoms with Gasteiger partial charge in [-0.05, 0) is 73.0 Å². The Bertz CT molecular complexity index is 1050. The minimum absolute atomic E-state index is 0.0317. The predicted octanol–water partition coefficient (Wildman–Crippen LogP) is 5.82. The van der Waals surface area contributed by atoms with Crippen LogP contribution in [-0.4, -0.2) is 39.6 Å². The minimum atomic E-state index is -0.666. The molecule has 1 aliphatic heterocycles. The van der Waals surface area contributed by atoms with E-state index in [4.69, 9.17) is 0 Å². The van der Waals surface area contributed by atoms with E-state index in [9.17, 15) is 9.90 Å². The highest BCUT2D eigenvalue weighted by molar-refractivity contribution is 8.00. The van der Waals surface area contributed by atoms with Crippen molar-refractivity contribution in [1.29, 1.82) is 0 Å². The molecular formula is C24H29N3O2S2. The molecule has 5 nitrogen and oxygen atoms in total. The smallest absolute Gasteiger partial charge is 0.253 e. The monoisotopic (exact) mass is 455 g/mol. The Balaban J connectivity index is 1.34. The predicted molar refractivity (Wildman–Crippen MR) is 130 cm³/mol. The van der Waals surface area contributed by atoms with Gasteiger partial charge in [0.2, 0.25) is 0 Å². The first kappa shape index (κ1) is 22.1. The fraction of sp³-hybridized carbons (Fsp3) is 0.417. The van der Waals surface area contributed by atoms with E-state index < -0.39 is 5.60 Å². The SMILES string of the molecule is CC(C)(C)CC1(O)CCN(C(=O)c2ccc(NSc3cccc4scnc34)cc2)CC1. The van der Waals surface area contributed by atoms with Gasteiger partial charge in [0.05, 0.1) is 26.2 Å². The second-order valence-corrected chi connectivity index (χ2v) is 11.2. The average Bonchev–Trinajstić information content (AvgIpc) is 3.20. The van der Waals surface area contributed by atoms with Gasteiger partial charge >= 0.3 is 0 Å². The third-order valence-electron chi connectivity index (χ3n) is 5.57. The molecule has 4 rings (SSSR count). The number of carbonyl (C=O) groups excluding carboxylic acids is 1. The van der Waals surface area contributed by atoms with E-state index in [1.54, 1.807) is 11.3 Å². The van der Waals surface area contributed by atoms with Gasteiger partial charge in [0.15, 0.2) is 0 Å². The van der Waals surface area contributed by atoms with Crippen LogP contribution in [0.4, 0.5) is 5.69 Å². The first-order valence-electron chi connectivity index (χ1n) is 10.6. The molecule has 0 unspecified atom stereocenters. The second kappa shape index (κ2) is 8.81. The number of para-hydroxylation sites is 1. The van der Waals surface area contributed by atoms with Crippen LogP contribution in [0.3, 0.4) is 0 Å². The van der Waals surface area contributed by atoms with E-state index in [0.717, 1.165) is 22.5 Å². The molecule has 0 radical (unpaired) electrons. The summed E-state index contributed by atoms with van der Waals surface area (Å²) in [5, 5.41) is 10.9. The molecule has 1 amide bonds. The van der Waals surface area contributed by atoms with Crippen LogP contribution in [0, 0.1) is 5.41 Å². The van der Waals surface area contributed by atoms with Crippen molar-refractivity contribution in [2.75, 3.05) is 17.8 Å². The van der Waals surface area contributed by atoms with Crippen molar-refractivity contribution in [3.63, 3.8) is 0 Å². The fourth-order valence-corrected chi connectivity index (χ4v) is 5.75. The number of carbonyl (C=O) groups is 1. The Morgan fingerprint density at radius 1 is 1.19 bits per heavy atom. The number of hydrogen-bond acceptors (Lipinski definition) is 6. The molecular weight excluding hydrogens is 426 g/mol. The van der Waals surface area contributed by atoms with Gasteiger partial charge < -0.3 is 14.7 Å². The standard InChI is InChI=1S/C24H29N3O2S2/c1-23(2,3)15-24(29)11-13-27(14-12-24)22(28)17-7-9-18(10-8-17)26-31-20-6-4-5-19-21(20)25-16-30-19/h4-10,16,26,29H,11-15H2,1-3H3. The lowest BCUT2D eigenvalue weighted by Crippen LogP contribution is -2.48. The summed E-state index contributed by atoms with van der Waals surface area (Å²) >= 11 is 3.16. The zero-order chi connectivity index (χ0) is 22.1. The molecule has 31 heavy (non-hydrogen) atoms. The van der Waals surface area contributed by atoms with Crippen LogP contribution in [0.2, 0.25) is 0 Å². The second-order valence-electron chi connectivity index (χ2n) is 9.49. The number of fused-ring (bicyclic) bond motifs is 1. The lowest BCUT2D eigenvalue weighted by molar-refractivity contribution is -0.0436. The van der Waals surface area contributed by atoms with Crippen LogP contribution in [0.5, 0.6) is 0 Å². The normalized spacial score (nSPS) is 16.5. The molecule has 1 fully saturated rings. The summed E-state index contributed by atoms with van der Waals surface area (Å²) in [6.07, 6.45) is 2.03. The van der Waals surface area contributed by atoms with Gasteiger partial charge in [-0.3, -0.25) is 4.79 Å². The number of nitrogens with one attached hydrogen (secondary N) is 1. The zero-order valence-corrected chi connectivity index (χ0v) is 19.9. The number of aromatic nitrogens is 1. The summed E-state index contributed by atoms with van der Waals surface area (Å²) in [5.74, 6) is 0.0317. The summed E-state index contributed by atoms with van der Waals surface area (Å²) in [6, 6.07) is 13.8. The first-order chi connectivity index (χ1) is 14.7. The number of nitrogens with zero attached hydrogens (tertiary/aromatic N) is 2. The van der Waals surface area contributed by atoms with E-state index in [1.165, 1.54) is 16.6 Å². The molecule has 7 heteroatoms. The largest absolute Gasteiger partial charge is 0.390 e. The maximum absolute atomic E-state index is 12.9. The summed E-state index contributed by atoms with van der Waals surface area (Å²) in [6.45, 7) is 7.63. The summed E-state index contributed by atoms with van der Waals surface area (Å²) in [7, 11) is 0. The van der Waals surface area contributed by atoms with Gasteiger partial charge in [-0.2, -0.15) is 0 Å². The molecule has 1 aliphatic rings. The third kappa shape index (κ3) is 5.40. The van der Waals surface area contributed by atoms with E-state index in [1.807, 2.05) is 40.7 Å². The summed E-state index contributed by atoms with van der Waals surface area (Å²) in [5.41, 5.74) is 3.89. The zero-order valence-electron chi connectivity index (χ0n) is 18.2. The Labute approximate surface area is 192 Å². The highest BCUT2D eigenvalue weighted by Gasteiger charge is 2.37. The highest BCUT2D eigenvalue weighted by Crippen LogP contribution is 2.35. The Hall–Kier alpha value is -2.09. The number of hydrogen-bond donors (Lipinski definition) is 2. The van der Waals surface area contributed by atoms with E-state index >= 15 is 0 Å². The topological polar surface area (TPSA) is 65.5 Å². The minimum Gasteiger partial charge on any atom is -0.390 e.